The first-order valence-corrected chi connectivity index (χ1v) is 8.20. The van der Waals surface area contributed by atoms with Gasteiger partial charge in [0.25, 0.3) is 5.91 Å². The number of anilines is 2. The number of ether oxygens (including phenoxy) is 1. The molecule has 27 heavy (non-hydrogen) atoms. The van der Waals surface area contributed by atoms with Crippen molar-refractivity contribution < 1.29 is 23.5 Å². The summed E-state index contributed by atoms with van der Waals surface area (Å²) in [5.41, 5.74) is 1.05. The minimum absolute atomic E-state index is 0.196. The Hall–Kier alpha value is -3.42. The molecule has 0 aliphatic heterocycles. The second kappa shape index (κ2) is 9.33. The van der Waals surface area contributed by atoms with Gasteiger partial charge in [-0.3, -0.25) is 14.4 Å². The highest BCUT2D eigenvalue weighted by Gasteiger charge is 2.10. The van der Waals surface area contributed by atoms with E-state index < -0.39 is 5.91 Å². The van der Waals surface area contributed by atoms with Crippen LogP contribution in [-0.4, -0.2) is 30.9 Å². The fraction of sp³-hybridized carbons (Fsp3) is 0.211. The number of carbonyl (C=O) groups excluding carboxylic acids is 3. The van der Waals surface area contributed by atoms with E-state index in [1.807, 2.05) is 0 Å². The van der Waals surface area contributed by atoms with E-state index in [4.69, 9.17) is 4.74 Å². The van der Waals surface area contributed by atoms with Gasteiger partial charge in [-0.2, -0.15) is 0 Å². The Morgan fingerprint density at radius 1 is 0.926 bits per heavy atom. The van der Waals surface area contributed by atoms with Crippen molar-refractivity contribution in [3.63, 3.8) is 0 Å². The molecule has 3 N–H and O–H groups in total. The monoisotopic (exact) mass is 373 g/mol. The Morgan fingerprint density at radius 2 is 1.48 bits per heavy atom. The second-order valence-corrected chi connectivity index (χ2v) is 5.72. The lowest BCUT2D eigenvalue weighted by Gasteiger charge is -2.11. The van der Waals surface area contributed by atoms with Crippen molar-refractivity contribution >= 4 is 29.1 Å². The van der Waals surface area contributed by atoms with Crippen molar-refractivity contribution in [1.82, 2.24) is 5.32 Å². The first-order chi connectivity index (χ1) is 12.8. The molecule has 0 spiro atoms. The van der Waals surface area contributed by atoms with Crippen molar-refractivity contribution in [3.05, 3.63) is 53.8 Å². The molecule has 142 valence electrons. The highest BCUT2D eigenvalue weighted by atomic mass is 19.1. The molecule has 0 aromatic heterocycles. The number of benzene rings is 2. The van der Waals surface area contributed by atoms with Crippen LogP contribution in [0.15, 0.2) is 42.5 Å². The number of rotatable bonds is 7. The van der Waals surface area contributed by atoms with Crippen LogP contribution in [-0.2, 0) is 9.59 Å². The van der Waals surface area contributed by atoms with Crippen molar-refractivity contribution in [1.29, 1.82) is 0 Å². The maximum absolute atomic E-state index is 12.8. The average molecular weight is 373 g/mol. The molecule has 0 bridgehead atoms. The molecule has 0 saturated carbocycles. The lowest BCUT2D eigenvalue weighted by atomic mass is 10.1. The van der Waals surface area contributed by atoms with E-state index in [-0.39, 0.29) is 36.3 Å². The maximum atomic E-state index is 12.8. The lowest BCUT2D eigenvalue weighted by Crippen LogP contribution is -2.28. The normalized spacial score (nSPS) is 10.0. The summed E-state index contributed by atoms with van der Waals surface area (Å²) in [6, 6.07) is 10.1. The van der Waals surface area contributed by atoms with Gasteiger partial charge in [-0.05, 0) is 42.5 Å². The fourth-order valence-electron chi connectivity index (χ4n) is 2.28. The molecule has 0 aliphatic carbocycles. The SMILES string of the molecule is CC(=O)Nc1cc(NC(C)=O)cc(C(=O)NCCOc2ccc(F)cc2)c1. The molecule has 7 nitrogen and oxygen atoms in total. The van der Waals surface area contributed by atoms with Crippen LogP contribution in [0.1, 0.15) is 24.2 Å². The third kappa shape index (κ3) is 6.77. The van der Waals surface area contributed by atoms with Crippen LogP contribution >= 0.6 is 0 Å². The van der Waals surface area contributed by atoms with E-state index in [1.54, 1.807) is 6.07 Å². The second-order valence-electron chi connectivity index (χ2n) is 5.72. The van der Waals surface area contributed by atoms with Gasteiger partial charge in [-0.1, -0.05) is 0 Å². The number of amides is 3. The molecular weight excluding hydrogens is 353 g/mol. The Kier molecular flexibility index (Phi) is 6.87. The smallest absolute Gasteiger partial charge is 0.251 e. The number of hydrogen-bond donors (Lipinski definition) is 3. The summed E-state index contributed by atoms with van der Waals surface area (Å²) in [7, 11) is 0. The zero-order chi connectivity index (χ0) is 19.8. The Morgan fingerprint density at radius 3 is 2.00 bits per heavy atom. The van der Waals surface area contributed by atoms with Crippen molar-refractivity contribution in [2.24, 2.45) is 0 Å². The van der Waals surface area contributed by atoms with Crippen LogP contribution in [0.2, 0.25) is 0 Å². The van der Waals surface area contributed by atoms with E-state index in [1.165, 1.54) is 50.2 Å². The van der Waals surface area contributed by atoms with Crippen LogP contribution in [0, 0.1) is 5.82 Å². The summed E-state index contributed by atoms with van der Waals surface area (Å²) in [6.45, 7) is 3.10. The van der Waals surface area contributed by atoms with E-state index in [2.05, 4.69) is 16.0 Å². The van der Waals surface area contributed by atoms with Gasteiger partial charge in [0.05, 0.1) is 6.54 Å². The minimum Gasteiger partial charge on any atom is -0.492 e. The Labute approximate surface area is 155 Å². The highest BCUT2D eigenvalue weighted by molar-refractivity contribution is 5.99. The molecule has 0 fully saturated rings. The third-order valence-corrected chi connectivity index (χ3v) is 3.31. The molecule has 0 radical (unpaired) electrons. The maximum Gasteiger partial charge on any atom is 0.251 e. The van der Waals surface area contributed by atoms with Gasteiger partial charge < -0.3 is 20.7 Å². The van der Waals surface area contributed by atoms with E-state index in [0.717, 1.165) is 0 Å². The molecule has 2 rings (SSSR count). The molecule has 0 saturated heterocycles. The van der Waals surface area contributed by atoms with Crippen LogP contribution < -0.4 is 20.7 Å². The molecular formula is C19H20FN3O4. The molecule has 8 heteroatoms. The molecule has 0 unspecified atom stereocenters. The topological polar surface area (TPSA) is 96.5 Å². The van der Waals surface area contributed by atoms with E-state index in [0.29, 0.717) is 17.1 Å². The third-order valence-electron chi connectivity index (χ3n) is 3.31. The van der Waals surface area contributed by atoms with Crippen molar-refractivity contribution in [2.45, 2.75) is 13.8 Å². The predicted octanol–water partition coefficient (Wildman–Crippen LogP) is 2.55. The fourth-order valence-corrected chi connectivity index (χ4v) is 2.28. The summed E-state index contributed by atoms with van der Waals surface area (Å²) >= 11 is 0. The number of hydrogen-bond acceptors (Lipinski definition) is 4. The number of nitrogens with one attached hydrogen (secondary N) is 3. The predicted molar refractivity (Wildman–Crippen MR) is 99.3 cm³/mol. The van der Waals surface area contributed by atoms with Gasteiger partial charge in [-0.15, -0.1) is 0 Å². The lowest BCUT2D eigenvalue weighted by molar-refractivity contribution is -0.115. The van der Waals surface area contributed by atoms with E-state index in [9.17, 15) is 18.8 Å². The first kappa shape index (κ1) is 19.9. The molecule has 0 aliphatic rings. The molecule has 2 aromatic rings. The Bertz CT molecular complexity index is 803. The van der Waals surface area contributed by atoms with Gasteiger partial charge >= 0.3 is 0 Å². The zero-order valence-electron chi connectivity index (χ0n) is 15.0. The van der Waals surface area contributed by atoms with Gasteiger partial charge in [0, 0.05) is 30.8 Å². The van der Waals surface area contributed by atoms with Crippen molar-refractivity contribution in [2.75, 3.05) is 23.8 Å². The molecule has 0 heterocycles. The minimum atomic E-state index is -0.392. The standard InChI is InChI=1S/C19H20FN3O4/c1-12(24)22-16-9-14(10-17(11-16)23-13(2)25)19(26)21-7-8-27-18-5-3-15(20)4-6-18/h3-6,9-11H,7-8H2,1-2H3,(H,21,26)(H,22,24)(H,23,25). The van der Waals surface area contributed by atoms with Gasteiger partial charge in [0.2, 0.25) is 11.8 Å². The summed E-state index contributed by atoms with van der Waals surface area (Å²) in [4.78, 5) is 34.8. The summed E-state index contributed by atoms with van der Waals surface area (Å²) in [5.74, 6) is -0.851. The van der Waals surface area contributed by atoms with Crippen molar-refractivity contribution in [3.8, 4) is 5.75 Å². The van der Waals surface area contributed by atoms with Crippen LogP contribution in [0.3, 0.4) is 0 Å². The molecule has 3 amide bonds. The first-order valence-electron chi connectivity index (χ1n) is 8.20. The number of halogens is 1. The average Bonchev–Trinajstić information content (AvgIpc) is 2.58. The summed E-state index contributed by atoms with van der Waals surface area (Å²) < 4.78 is 18.2. The molecule has 2 aromatic carbocycles. The summed E-state index contributed by atoms with van der Waals surface area (Å²) in [6.07, 6.45) is 0. The summed E-state index contributed by atoms with van der Waals surface area (Å²) in [5, 5.41) is 7.84. The van der Waals surface area contributed by atoms with E-state index >= 15 is 0 Å². The molecule has 0 atom stereocenters. The van der Waals surface area contributed by atoms with Crippen LogP contribution in [0.4, 0.5) is 15.8 Å². The van der Waals surface area contributed by atoms with Crippen LogP contribution in [0.25, 0.3) is 0 Å². The van der Waals surface area contributed by atoms with Crippen LogP contribution in [0.5, 0.6) is 5.75 Å². The Balaban J connectivity index is 1.97. The number of carbonyl (C=O) groups is 3. The zero-order valence-corrected chi connectivity index (χ0v) is 15.0. The van der Waals surface area contributed by atoms with Gasteiger partial charge in [0.15, 0.2) is 0 Å². The quantitative estimate of drug-likeness (QED) is 0.650. The largest absolute Gasteiger partial charge is 0.492 e. The van der Waals surface area contributed by atoms with Gasteiger partial charge in [-0.25, -0.2) is 4.39 Å². The highest BCUT2D eigenvalue weighted by Crippen LogP contribution is 2.19. The van der Waals surface area contributed by atoms with Gasteiger partial charge in [0.1, 0.15) is 18.2 Å².